The van der Waals surface area contributed by atoms with Gasteiger partial charge in [-0.05, 0) is 33.3 Å². The van der Waals surface area contributed by atoms with Crippen molar-refractivity contribution >= 4 is 5.69 Å². The van der Waals surface area contributed by atoms with Gasteiger partial charge in [0.15, 0.2) is 0 Å². The molecule has 0 atom stereocenters. The molecule has 5 heteroatoms. The Morgan fingerprint density at radius 1 is 1.19 bits per heavy atom. The van der Waals surface area contributed by atoms with Gasteiger partial charge in [0.05, 0.1) is 0 Å². The molecule has 21 heavy (non-hydrogen) atoms. The Kier molecular flexibility index (Phi) is 5.96. The molecule has 0 bridgehead atoms. The van der Waals surface area contributed by atoms with Crippen LogP contribution < -0.4 is 10.2 Å². The molecule has 118 valence electrons. The van der Waals surface area contributed by atoms with Gasteiger partial charge in [0, 0.05) is 57.1 Å². The Balaban J connectivity index is 1.97. The molecule has 0 aliphatic carbocycles. The maximum atomic E-state index is 14.0. The molecule has 1 saturated heterocycles. The zero-order valence-electron chi connectivity index (χ0n) is 13.4. The standard InChI is InChI=1S/C16H27FN4/c1-18-13-14-15(17)5-4-6-16(14)21-11-9-20(10-12-21)8-7-19(2)3/h4-6,18H,7-13H2,1-3H3. The van der Waals surface area contributed by atoms with Crippen molar-refractivity contribution in [2.24, 2.45) is 0 Å². The second kappa shape index (κ2) is 7.73. The first-order valence-corrected chi connectivity index (χ1v) is 7.66. The average Bonchev–Trinajstić information content (AvgIpc) is 2.48. The van der Waals surface area contributed by atoms with Gasteiger partial charge in [-0.3, -0.25) is 4.90 Å². The van der Waals surface area contributed by atoms with E-state index in [2.05, 4.69) is 34.1 Å². The monoisotopic (exact) mass is 294 g/mol. The van der Waals surface area contributed by atoms with Crippen molar-refractivity contribution in [2.75, 3.05) is 65.3 Å². The minimum atomic E-state index is -0.114. The first-order valence-electron chi connectivity index (χ1n) is 7.66. The van der Waals surface area contributed by atoms with E-state index in [0.717, 1.165) is 50.5 Å². The molecule has 0 aromatic heterocycles. The summed E-state index contributed by atoms with van der Waals surface area (Å²) >= 11 is 0. The number of likely N-dealkylation sites (N-methyl/N-ethyl adjacent to an activating group) is 1. The van der Waals surface area contributed by atoms with Crippen molar-refractivity contribution in [1.29, 1.82) is 0 Å². The molecule has 1 aliphatic heterocycles. The number of benzene rings is 1. The Hall–Kier alpha value is -1.17. The molecule has 0 amide bonds. The summed E-state index contributed by atoms with van der Waals surface area (Å²) < 4.78 is 14.0. The molecule has 0 saturated carbocycles. The zero-order chi connectivity index (χ0) is 15.2. The number of anilines is 1. The predicted octanol–water partition coefficient (Wildman–Crippen LogP) is 1.23. The molecule has 1 fully saturated rings. The van der Waals surface area contributed by atoms with Gasteiger partial charge in [-0.25, -0.2) is 4.39 Å². The van der Waals surface area contributed by atoms with E-state index in [0.29, 0.717) is 6.54 Å². The predicted molar refractivity (Wildman–Crippen MR) is 86.4 cm³/mol. The molecule has 0 radical (unpaired) electrons. The van der Waals surface area contributed by atoms with Crippen LogP contribution in [0.5, 0.6) is 0 Å². The number of nitrogens with zero attached hydrogens (tertiary/aromatic N) is 3. The molecular formula is C16H27FN4. The van der Waals surface area contributed by atoms with Crippen LogP contribution in [0, 0.1) is 5.82 Å². The number of nitrogens with one attached hydrogen (secondary N) is 1. The Morgan fingerprint density at radius 2 is 1.90 bits per heavy atom. The molecule has 1 heterocycles. The van der Waals surface area contributed by atoms with E-state index in [4.69, 9.17) is 0 Å². The lowest BCUT2D eigenvalue weighted by atomic mass is 10.1. The van der Waals surface area contributed by atoms with E-state index in [9.17, 15) is 4.39 Å². The third kappa shape index (κ3) is 4.40. The summed E-state index contributed by atoms with van der Waals surface area (Å²) in [6.07, 6.45) is 0. The minimum Gasteiger partial charge on any atom is -0.369 e. The fraction of sp³-hybridized carbons (Fsp3) is 0.625. The maximum Gasteiger partial charge on any atom is 0.129 e. The van der Waals surface area contributed by atoms with Crippen molar-refractivity contribution in [3.63, 3.8) is 0 Å². The molecule has 1 aliphatic rings. The van der Waals surface area contributed by atoms with Crippen LogP contribution in [-0.2, 0) is 6.54 Å². The number of rotatable bonds is 6. The normalized spacial score (nSPS) is 16.7. The van der Waals surface area contributed by atoms with Crippen LogP contribution in [0.2, 0.25) is 0 Å². The van der Waals surface area contributed by atoms with E-state index in [1.54, 1.807) is 6.07 Å². The molecule has 1 aromatic carbocycles. The molecule has 0 spiro atoms. The van der Waals surface area contributed by atoms with Crippen molar-refractivity contribution in [2.45, 2.75) is 6.54 Å². The fourth-order valence-corrected chi connectivity index (χ4v) is 2.75. The molecule has 2 rings (SSSR count). The molecule has 4 nitrogen and oxygen atoms in total. The van der Waals surface area contributed by atoms with Gasteiger partial charge in [-0.15, -0.1) is 0 Å². The van der Waals surface area contributed by atoms with Gasteiger partial charge in [0.2, 0.25) is 0 Å². The van der Waals surface area contributed by atoms with E-state index in [1.807, 2.05) is 19.2 Å². The van der Waals surface area contributed by atoms with Crippen LogP contribution in [0.15, 0.2) is 18.2 Å². The largest absolute Gasteiger partial charge is 0.369 e. The first-order chi connectivity index (χ1) is 10.1. The average molecular weight is 294 g/mol. The van der Waals surface area contributed by atoms with Gasteiger partial charge in [-0.1, -0.05) is 6.07 Å². The lowest BCUT2D eigenvalue weighted by Gasteiger charge is -2.37. The van der Waals surface area contributed by atoms with Crippen LogP contribution in [-0.4, -0.2) is 70.2 Å². The van der Waals surface area contributed by atoms with Crippen LogP contribution in [0.3, 0.4) is 0 Å². The van der Waals surface area contributed by atoms with Gasteiger partial charge in [0.25, 0.3) is 0 Å². The van der Waals surface area contributed by atoms with Crippen molar-refractivity contribution in [3.8, 4) is 0 Å². The Morgan fingerprint density at radius 3 is 2.52 bits per heavy atom. The zero-order valence-corrected chi connectivity index (χ0v) is 13.4. The Bertz CT molecular complexity index is 442. The van der Waals surface area contributed by atoms with E-state index in [-0.39, 0.29) is 5.82 Å². The quantitative estimate of drug-likeness (QED) is 0.852. The highest BCUT2D eigenvalue weighted by atomic mass is 19.1. The summed E-state index contributed by atoms with van der Waals surface area (Å²) in [6.45, 7) is 6.79. The van der Waals surface area contributed by atoms with E-state index in [1.165, 1.54) is 0 Å². The second-order valence-electron chi connectivity index (χ2n) is 5.90. The van der Waals surface area contributed by atoms with Gasteiger partial charge in [0.1, 0.15) is 5.82 Å². The number of hydrogen-bond donors (Lipinski definition) is 1. The first kappa shape index (κ1) is 16.2. The molecular weight excluding hydrogens is 267 g/mol. The maximum absolute atomic E-state index is 14.0. The summed E-state index contributed by atoms with van der Waals surface area (Å²) in [5.74, 6) is -0.114. The summed E-state index contributed by atoms with van der Waals surface area (Å²) in [6, 6.07) is 5.39. The highest BCUT2D eigenvalue weighted by molar-refractivity contribution is 5.54. The SMILES string of the molecule is CNCc1c(F)cccc1N1CCN(CCN(C)C)CC1. The minimum absolute atomic E-state index is 0.114. The van der Waals surface area contributed by atoms with Gasteiger partial charge in [-0.2, -0.15) is 0 Å². The number of halogens is 1. The Labute approximate surface area is 127 Å². The molecule has 0 unspecified atom stereocenters. The van der Waals surface area contributed by atoms with E-state index >= 15 is 0 Å². The molecule has 1 aromatic rings. The highest BCUT2D eigenvalue weighted by Gasteiger charge is 2.20. The second-order valence-corrected chi connectivity index (χ2v) is 5.90. The van der Waals surface area contributed by atoms with Crippen LogP contribution in [0.1, 0.15) is 5.56 Å². The smallest absolute Gasteiger partial charge is 0.129 e. The topological polar surface area (TPSA) is 21.8 Å². The van der Waals surface area contributed by atoms with Crippen LogP contribution >= 0.6 is 0 Å². The highest BCUT2D eigenvalue weighted by Crippen LogP contribution is 2.24. The van der Waals surface area contributed by atoms with Gasteiger partial charge < -0.3 is 15.1 Å². The fourth-order valence-electron chi connectivity index (χ4n) is 2.75. The molecule has 1 N–H and O–H groups in total. The third-order valence-electron chi connectivity index (χ3n) is 4.02. The summed E-state index contributed by atoms with van der Waals surface area (Å²) in [5, 5.41) is 3.06. The van der Waals surface area contributed by atoms with E-state index < -0.39 is 0 Å². The summed E-state index contributed by atoms with van der Waals surface area (Å²) in [7, 11) is 6.06. The van der Waals surface area contributed by atoms with Crippen molar-refractivity contribution in [3.05, 3.63) is 29.6 Å². The van der Waals surface area contributed by atoms with Crippen LogP contribution in [0.4, 0.5) is 10.1 Å². The lowest BCUT2D eigenvalue weighted by Crippen LogP contribution is -2.48. The number of hydrogen-bond acceptors (Lipinski definition) is 4. The third-order valence-corrected chi connectivity index (χ3v) is 4.02. The summed E-state index contributed by atoms with van der Waals surface area (Å²) in [5.41, 5.74) is 1.82. The lowest BCUT2D eigenvalue weighted by molar-refractivity contribution is 0.229. The summed E-state index contributed by atoms with van der Waals surface area (Å²) in [4.78, 5) is 7.00. The van der Waals surface area contributed by atoms with Crippen molar-refractivity contribution in [1.82, 2.24) is 15.1 Å². The van der Waals surface area contributed by atoms with Crippen LogP contribution in [0.25, 0.3) is 0 Å². The van der Waals surface area contributed by atoms with Gasteiger partial charge >= 0.3 is 0 Å². The van der Waals surface area contributed by atoms with Crippen molar-refractivity contribution < 1.29 is 4.39 Å². The number of piperazine rings is 1.